The molecule has 0 aromatic heterocycles. The van der Waals surface area contributed by atoms with Crippen LogP contribution in [0.5, 0.6) is 0 Å². The molecule has 0 spiro atoms. The lowest BCUT2D eigenvalue weighted by molar-refractivity contribution is 0.0535. The lowest BCUT2D eigenvalue weighted by Crippen LogP contribution is -2.40. The molecule has 0 radical (unpaired) electrons. The van der Waals surface area contributed by atoms with Crippen molar-refractivity contribution in [2.45, 2.75) is 13.1 Å². The van der Waals surface area contributed by atoms with Crippen molar-refractivity contribution in [3.8, 4) is 0 Å². The molecule has 4 nitrogen and oxygen atoms in total. The predicted octanol–water partition coefficient (Wildman–Crippen LogP) is 3.49. The zero-order valence-corrected chi connectivity index (χ0v) is 14.3. The number of rotatable bonds is 6. The van der Waals surface area contributed by atoms with Gasteiger partial charge in [0.15, 0.2) is 0 Å². The first-order valence-electron chi connectivity index (χ1n) is 7.42. The Morgan fingerprint density at radius 1 is 0.739 bits per heavy atom. The fourth-order valence-corrected chi connectivity index (χ4v) is 3.01. The number of esters is 2. The molecule has 120 valence electrons. The summed E-state index contributed by atoms with van der Waals surface area (Å²) >= 11 is 0. The van der Waals surface area contributed by atoms with E-state index in [1.807, 2.05) is 25.2 Å². The Kier molecular flexibility index (Phi) is 5.70. The Morgan fingerprint density at radius 3 is 1.43 bits per heavy atom. The molecule has 2 rings (SSSR count). The molecule has 2 aromatic carbocycles. The summed E-state index contributed by atoms with van der Waals surface area (Å²) in [4.78, 5) is 23.9. The zero-order chi connectivity index (χ0) is 16.7. The molecular weight excluding hydrogens is 308 g/mol. The number of hydrogen-bond donors (Lipinski definition) is 0. The molecule has 0 aliphatic rings. The Balaban J connectivity index is 1.82. The van der Waals surface area contributed by atoms with Gasteiger partial charge in [-0.15, -0.1) is 0 Å². The molecule has 23 heavy (non-hydrogen) atoms. The van der Waals surface area contributed by atoms with Crippen molar-refractivity contribution in [1.82, 2.24) is 0 Å². The van der Waals surface area contributed by atoms with E-state index in [2.05, 4.69) is 0 Å². The van der Waals surface area contributed by atoms with Gasteiger partial charge in [0.2, 0.25) is 0 Å². The molecule has 0 amide bonds. The SMILES string of the molecule is C[Si](C)(COC(=O)c1ccccc1)COC(=O)c1ccccc1. The van der Waals surface area contributed by atoms with Gasteiger partial charge in [0, 0.05) is 0 Å². The smallest absolute Gasteiger partial charge is 0.337 e. The van der Waals surface area contributed by atoms with Crippen molar-refractivity contribution in [2.24, 2.45) is 0 Å². The summed E-state index contributed by atoms with van der Waals surface area (Å²) in [5, 5.41) is 0. The Bertz CT molecular complexity index is 596. The van der Waals surface area contributed by atoms with Crippen LogP contribution < -0.4 is 0 Å². The Morgan fingerprint density at radius 2 is 1.09 bits per heavy atom. The van der Waals surface area contributed by atoms with Gasteiger partial charge in [-0.1, -0.05) is 49.5 Å². The van der Waals surface area contributed by atoms with E-state index in [1.54, 1.807) is 48.5 Å². The van der Waals surface area contributed by atoms with Crippen molar-refractivity contribution in [2.75, 3.05) is 12.5 Å². The first kappa shape index (κ1) is 17.0. The normalized spacial score (nSPS) is 10.9. The van der Waals surface area contributed by atoms with Gasteiger partial charge in [0.05, 0.1) is 23.6 Å². The molecule has 0 fully saturated rings. The highest BCUT2D eigenvalue weighted by Gasteiger charge is 2.26. The monoisotopic (exact) mass is 328 g/mol. The zero-order valence-electron chi connectivity index (χ0n) is 13.3. The second-order valence-electron chi connectivity index (χ2n) is 6.05. The molecular formula is C18H20O4Si. The van der Waals surface area contributed by atoms with Crippen molar-refractivity contribution in [3.05, 3.63) is 71.8 Å². The van der Waals surface area contributed by atoms with Crippen molar-refractivity contribution in [3.63, 3.8) is 0 Å². The quantitative estimate of drug-likeness (QED) is 0.602. The average molecular weight is 328 g/mol. The summed E-state index contributed by atoms with van der Waals surface area (Å²) in [6, 6.07) is 17.7. The van der Waals surface area contributed by atoms with Gasteiger partial charge in [-0.2, -0.15) is 0 Å². The lowest BCUT2D eigenvalue weighted by Gasteiger charge is -2.21. The van der Waals surface area contributed by atoms with E-state index >= 15 is 0 Å². The van der Waals surface area contributed by atoms with Crippen LogP contribution in [0, 0.1) is 0 Å². The fourth-order valence-electron chi connectivity index (χ4n) is 1.88. The third kappa shape index (κ3) is 5.38. The van der Waals surface area contributed by atoms with Crippen molar-refractivity contribution >= 4 is 20.0 Å². The number of carbonyl (C=O) groups is 2. The maximum Gasteiger partial charge on any atom is 0.337 e. The summed E-state index contributed by atoms with van der Waals surface area (Å²) < 4.78 is 10.7. The predicted molar refractivity (Wildman–Crippen MR) is 90.9 cm³/mol. The maximum absolute atomic E-state index is 11.9. The molecule has 0 heterocycles. The molecule has 0 saturated carbocycles. The topological polar surface area (TPSA) is 52.6 Å². The Labute approximate surface area is 137 Å². The van der Waals surface area contributed by atoms with Crippen LogP contribution >= 0.6 is 0 Å². The van der Waals surface area contributed by atoms with E-state index in [0.29, 0.717) is 23.6 Å². The summed E-state index contributed by atoms with van der Waals surface area (Å²) in [6.45, 7) is 4.03. The molecule has 0 aliphatic heterocycles. The Hall–Kier alpha value is -2.40. The second kappa shape index (κ2) is 7.74. The van der Waals surface area contributed by atoms with Crippen LogP contribution in [0.2, 0.25) is 13.1 Å². The summed E-state index contributed by atoms with van der Waals surface area (Å²) in [7, 11) is -1.98. The molecule has 0 bridgehead atoms. The van der Waals surface area contributed by atoms with Gasteiger partial charge in [-0.25, -0.2) is 9.59 Å². The van der Waals surface area contributed by atoms with E-state index in [1.165, 1.54) is 0 Å². The minimum atomic E-state index is -1.98. The van der Waals surface area contributed by atoms with E-state index in [9.17, 15) is 9.59 Å². The van der Waals surface area contributed by atoms with E-state index in [4.69, 9.17) is 9.47 Å². The molecule has 0 atom stereocenters. The van der Waals surface area contributed by atoms with Gasteiger partial charge in [-0.3, -0.25) is 0 Å². The highest BCUT2D eigenvalue weighted by atomic mass is 28.3. The number of ether oxygens (including phenoxy) is 2. The average Bonchev–Trinajstić information content (AvgIpc) is 2.59. The van der Waals surface area contributed by atoms with Crippen LogP contribution in [-0.2, 0) is 9.47 Å². The van der Waals surface area contributed by atoms with Crippen LogP contribution in [0.25, 0.3) is 0 Å². The number of benzene rings is 2. The molecule has 0 aliphatic carbocycles. The third-order valence-electron chi connectivity index (χ3n) is 3.21. The van der Waals surface area contributed by atoms with E-state index in [-0.39, 0.29) is 11.9 Å². The van der Waals surface area contributed by atoms with Crippen LogP contribution in [0.3, 0.4) is 0 Å². The van der Waals surface area contributed by atoms with Gasteiger partial charge >= 0.3 is 11.9 Å². The van der Waals surface area contributed by atoms with E-state index in [0.717, 1.165) is 0 Å². The minimum absolute atomic E-state index is 0.308. The maximum atomic E-state index is 11.9. The standard InChI is InChI=1S/C18H20O4Si/c1-23(2,13-21-17(19)15-9-5-3-6-10-15)14-22-18(20)16-11-7-4-8-12-16/h3-12H,13-14H2,1-2H3. The van der Waals surface area contributed by atoms with Gasteiger partial charge < -0.3 is 9.47 Å². The lowest BCUT2D eigenvalue weighted by atomic mass is 10.2. The highest BCUT2D eigenvalue weighted by Crippen LogP contribution is 2.09. The second-order valence-corrected chi connectivity index (χ2v) is 11.0. The van der Waals surface area contributed by atoms with Crippen LogP contribution in [0.1, 0.15) is 20.7 Å². The molecule has 5 heteroatoms. The van der Waals surface area contributed by atoms with Gasteiger partial charge in [-0.05, 0) is 24.3 Å². The van der Waals surface area contributed by atoms with Gasteiger partial charge in [0.25, 0.3) is 0 Å². The largest absolute Gasteiger partial charge is 0.466 e. The number of carbonyl (C=O) groups excluding carboxylic acids is 2. The van der Waals surface area contributed by atoms with Crippen LogP contribution in [0.15, 0.2) is 60.7 Å². The third-order valence-corrected chi connectivity index (χ3v) is 5.06. The van der Waals surface area contributed by atoms with E-state index < -0.39 is 8.07 Å². The van der Waals surface area contributed by atoms with Gasteiger partial charge in [0.1, 0.15) is 8.07 Å². The minimum Gasteiger partial charge on any atom is -0.466 e. The summed E-state index contributed by atoms with van der Waals surface area (Å²) in [6.07, 6.45) is 0.617. The molecule has 0 saturated heterocycles. The first-order valence-corrected chi connectivity index (χ1v) is 10.8. The molecule has 0 unspecified atom stereocenters. The van der Waals surface area contributed by atoms with Crippen molar-refractivity contribution < 1.29 is 19.1 Å². The van der Waals surface area contributed by atoms with Crippen LogP contribution in [-0.4, -0.2) is 32.5 Å². The van der Waals surface area contributed by atoms with Crippen LogP contribution in [0.4, 0.5) is 0 Å². The van der Waals surface area contributed by atoms with Crippen molar-refractivity contribution in [1.29, 1.82) is 0 Å². The fraction of sp³-hybridized carbons (Fsp3) is 0.222. The highest BCUT2D eigenvalue weighted by molar-refractivity contribution is 6.77. The summed E-state index contributed by atoms with van der Waals surface area (Å²) in [5.74, 6) is -0.693. The molecule has 0 N–H and O–H groups in total. The first-order chi connectivity index (χ1) is 11.0. The number of hydrogen-bond acceptors (Lipinski definition) is 4. The summed E-state index contributed by atoms with van der Waals surface area (Å²) in [5.41, 5.74) is 1.05. The molecule has 2 aromatic rings.